The molecule has 1 amide bonds. The molecular formula is C18H21N5O2. The van der Waals surface area contributed by atoms with Crippen molar-refractivity contribution >= 4 is 29.6 Å². The van der Waals surface area contributed by atoms with Crippen molar-refractivity contribution in [2.75, 3.05) is 36.4 Å². The van der Waals surface area contributed by atoms with E-state index in [2.05, 4.69) is 20.2 Å². The first-order valence-electron chi connectivity index (χ1n) is 8.23. The smallest absolute Gasteiger partial charge is 0.227 e. The minimum Gasteiger partial charge on any atom is -0.342 e. The average Bonchev–Trinajstić information content (AvgIpc) is 2.62. The van der Waals surface area contributed by atoms with Crippen molar-refractivity contribution in [3.63, 3.8) is 0 Å². The zero-order valence-electron chi connectivity index (χ0n) is 14.4. The molecule has 0 radical (unpaired) electrons. The van der Waals surface area contributed by atoms with Crippen molar-refractivity contribution in [1.29, 1.82) is 0 Å². The van der Waals surface area contributed by atoms with E-state index >= 15 is 0 Å². The summed E-state index contributed by atoms with van der Waals surface area (Å²) in [7, 11) is 0. The number of rotatable bonds is 5. The molecule has 1 saturated heterocycles. The van der Waals surface area contributed by atoms with Crippen molar-refractivity contribution in [3.8, 4) is 0 Å². The molecule has 0 spiro atoms. The molecule has 1 aromatic carbocycles. The molecule has 1 aliphatic heterocycles. The van der Waals surface area contributed by atoms with Gasteiger partial charge in [-0.2, -0.15) is 4.98 Å². The fourth-order valence-corrected chi connectivity index (χ4v) is 2.72. The number of nitrogens with zero attached hydrogens (tertiary/aromatic N) is 4. The number of aryl methyl sites for hydroxylation is 1. The van der Waals surface area contributed by atoms with Crippen molar-refractivity contribution < 1.29 is 9.59 Å². The van der Waals surface area contributed by atoms with Gasteiger partial charge in [-0.15, -0.1) is 0 Å². The van der Waals surface area contributed by atoms with Crippen LogP contribution in [0.2, 0.25) is 0 Å². The van der Waals surface area contributed by atoms with Gasteiger partial charge in [0.1, 0.15) is 5.82 Å². The maximum absolute atomic E-state index is 11.4. The van der Waals surface area contributed by atoms with Gasteiger partial charge in [0.2, 0.25) is 12.4 Å². The summed E-state index contributed by atoms with van der Waals surface area (Å²) in [5.41, 5.74) is 2.41. The Labute approximate surface area is 146 Å². The third-order valence-corrected chi connectivity index (χ3v) is 4.15. The molecule has 7 nitrogen and oxygen atoms in total. The standard InChI is InChI=1S/C18H21N5O2/c1-13-11-17(20-16-5-3-15(4-6-16)14(2)25)21-18(19-13)23-9-7-22(12-24)8-10-23/h3-6,11-12H,7-10H2,1-2H3,(H,19,20,21). The maximum Gasteiger partial charge on any atom is 0.227 e. The van der Waals surface area contributed by atoms with Crippen LogP contribution in [0, 0.1) is 6.92 Å². The Morgan fingerprint density at radius 3 is 2.40 bits per heavy atom. The van der Waals surface area contributed by atoms with Crippen LogP contribution in [-0.4, -0.2) is 53.2 Å². The summed E-state index contributed by atoms with van der Waals surface area (Å²) in [6, 6.07) is 9.17. The zero-order chi connectivity index (χ0) is 17.8. The lowest BCUT2D eigenvalue weighted by atomic mass is 10.1. The van der Waals surface area contributed by atoms with Crippen LogP contribution in [0.15, 0.2) is 30.3 Å². The summed E-state index contributed by atoms with van der Waals surface area (Å²) in [4.78, 5) is 35.1. The van der Waals surface area contributed by atoms with Crippen LogP contribution in [0.3, 0.4) is 0 Å². The second-order valence-corrected chi connectivity index (χ2v) is 6.08. The minimum atomic E-state index is 0.0428. The lowest BCUT2D eigenvalue weighted by molar-refractivity contribution is -0.118. The number of benzene rings is 1. The number of carbonyl (C=O) groups is 2. The molecule has 25 heavy (non-hydrogen) atoms. The summed E-state index contributed by atoms with van der Waals surface area (Å²) in [6.45, 7) is 6.26. The molecule has 1 aromatic heterocycles. The van der Waals surface area contributed by atoms with E-state index in [4.69, 9.17) is 0 Å². The molecule has 0 aliphatic carbocycles. The third kappa shape index (κ3) is 4.12. The Morgan fingerprint density at radius 1 is 1.12 bits per heavy atom. The largest absolute Gasteiger partial charge is 0.342 e. The highest BCUT2D eigenvalue weighted by atomic mass is 16.1. The molecular weight excluding hydrogens is 318 g/mol. The van der Waals surface area contributed by atoms with E-state index in [9.17, 15) is 9.59 Å². The van der Waals surface area contributed by atoms with Gasteiger partial charge in [0, 0.05) is 49.2 Å². The Morgan fingerprint density at radius 2 is 1.80 bits per heavy atom. The third-order valence-electron chi connectivity index (χ3n) is 4.15. The van der Waals surface area contributed by atoms with Gasteiger partial charge in [0.15, 0.2) is 5.78 Å². The number of anilines is 3. The lowest BCUT2D eigenvalue weighted by Gasteiger charge is -2.32. The number of ketones is 1. The highest BCUT2D eigenvalue weighted by Crippen LogP contribution is 2.20. The molecule has 0 saturated carbocycles. The SMILES string of the molecule is CC(=O)c1ccc(Nc2cc(C)nc(N3CCN(C=O)CC3)n2)cc1. The lowest BCUT2D eigenvalue weighted by Crippen LogP contribution is -2.46. The summed E-state index contributed by atoms with van der Waals surface area (Å²) in [6.07, 6.45) is 0.881. The molecule has 1 N–H and O–H groups in total. The van der Waals surface area contributed by atoms with Gasteiger partial charge < -0.3 is 15.1 Å². The quantitative estimate of drug-likeness (QED) is 0.663. The van der Waals surface area contributed by atoms with E-state index in [1.165, 1.54) is 0 Å². The van der Waals surface area contributed by atoms with Gasteiger partial charge in [0.05, 0.1) is 0 Å². The second-order valence-electron chi connectivity index (χ2n) is 6.08. The Balaban J connectivity index is 1.75. The predicted octanol–water partition coefficient (Wildman–Crippen LogP) is 2.01. The second kappa shape index (κ2) is 7.29. The number of aromatic nitrogens is 2. The Kier molecular flexibility index (Phi) is 4.92. The topological polar surface area (TPSA) is 78.4 Å². The van der Waals surface area contributed by atoms with E-state index in [0.29, 0.717) is 30.4 Å². The monoisotopic (exact) mass is 339 g/mol. The van der Waals surface area contributed by atoms with Gasteiger partial charge in [-0.05, 0) is 38.1 Å². The zero-order valence-corrected chi connectivity index (χ0v) is 14.4. The number of nitrogens with one attached hydrogen (secondary N) is 1. The number of amides is 1. The normalized spacial score (nSPS) is 14.3. The van der Waals surface area contributed by atoms with Crippen molar-refractivity contribution in [1.82, 2.24) is 14.9 Å². The van der Waals surface area contributed by atoms with Gasteiger partial charge in [-0.3, -0.25) is 9.59 Å². The molecule has 0 bridgehead atoms. The number of piperazine rings is 1. The maximum atomic E-state index is 11.4. The van der Waals surface area contributed by atoms with E-state index in [0.717, 1.165) is 30.9 Å². The molecule has 7 heteroatoms. The fourth-order valence-electron chi connectivity index (χ4n) is 2.72. The van der Waals surface area contributed by atoms with E-state index in [-0.39, 0.29) is 5.78 Å². The van der Waals surface area contributed by atoms with Crippen LogP contribution in [0.4, 0.5) is 17.5 Å². The molecule has 1 aliphatic rings. The summed E-state index contributed by atoms with van der Waals surface area (Å²) in [5.74, 6) is 1.41. The Hall–Kier alpha value is -2.96. The van der Waals surface area contributed by atoms with E-state index in [1.54, 1.807) is 24.0 Å². The summed E-state index contributed by atoms with van der Waals surface area (Å²) < 4.78 is 0. The van der Waals surface area contributed by atoms with Crippen LogP contribution in [0.25, 0.3) is 0 Å². The van der Waals surface area contributed by atoms with E-state index in [1.807, 2.05) is 25.1 Å². The molecule has 1 fully saturated rings. The average molecular weight is 339 g/mol. The van der Waals surface area contributed by atoms with Crippen LogP contribution in [0.1, 0.15) is 23.0 Å². The predicted molar refractivity (Wildman–Crippen MR) is 96.3 cm³/mol. The van der Waals surface area contributed by atoms with Gasteiger partial charge in [-0.25, -0.2) is 4.98 Å². The molecule has 130 valence electrons. The minimum absolute atomic E-state index is 0.0428. The number of hydrogen-bond donors (Lipinski definition) is 1. The van der Waals surface area contributed by atoms with Crippen LogP contribution in [-0.2, 0) is 4.79 Å². The highest BCUT2D eigenvalue weighted by Gasteiger charge is 2.18. The van der Waals surface area contributed by atoms with Gasteiger partial charge in [0.25, 0.3) is 0 Å². The first kappa shape index (κ1) is 16.9. The van der Waals surface area contributed by atoms with E-state index < -0.39 is 0 Å². The molecule has 3 rings (SSSR count). The summed E-state index contributed by atoms with van der Waals surface area (Å²) >= 11 is 0. The molecule has 0 unspecified atom stereocenters. The summed E-state index contributed by atoms with van der Waals surface area (Å²) in [5, 5.41) is 3.25. The first-order valence-corrected chi connectivity index (χ1v) is 8.23. The van der Waals surface area contributed by atoms with Gasteiger partial charge in [-0.1, -0.05) is 0 Å². The van der Waals surface area contributed by atoms with Crippen LogP contribution in [0.5, 0.6) is 0 Å². The first-order chi connectivity index (χ1) is 12.0. The van der Waals surface area contributed by atoms with Crippen molar-refractivity contribution in [2.24, 2.45) is 0 Å². The molecule has 2 heterocycles. The Bertz CT molecular complexity index is 768. The van der Waals surface area contributed by atoms with Gasteiger partial charge >= 0.3 is 0 Å². The van der Waals surface area contributed by atoms with Crippen LogP contribution >= 0.6 is 0 Å². The fraction of sp³-hybridized carbons (Fsp3) is 0.333. The van der Waals surface area contributed by atoms with Crippen molar-refractivity contribution in [2.45, 2.75) is 13.8 Å². The molecule has 0 atom stereocenters. The number of carbonyl (C=O) groups excluding carboxylic acids is 2. The van der Waals surface area contributed by atoms with Crippen molar-refractivity contribution in [3.05, 3.63) is 41.6 Å². The molecule has 2 aromatic rings. The number of hydrogen-bond acceptors (Lipinski definition) is 6. The van der Waals surface area contributed by atoms with Crippen LogP contribution < -0.4 is 10.2 Å². The highest BCUT2D eigenvalue weighted by molar-refractivity contribution is 5.94. The number of Topliss-reactive ketones (excluding diaryl/α,β-unsaturated/α-hetero) is 1.